The van der Waals surface area contributed by atoms with Crippen LogP contribution in [0.2, 0.25) is 0 Å². The molecule has 0 spiro atoms. The fourth-order valence-corrected chi connectivity index (χ4v) is 3.34. The van der Waals surface area contributed by atoms with E-state index in [1.165, 1.54) is 6.07 Å². The number of pyridine rings is 1. The number of rotatable bonds is 5. The maximum absolute atomic E-state index is 12.6. The van der Waals surface area contributed by atoms with Crippen molar-refractivity contribution in [1.82, 2.24) is 9.47 Å². The molecule has 2 heterocycles. The van der Waals surface area contributed by atoms with Gasteiger partial charge in [-0.1, -0.05) is 18.2 Å². The molecule has 1 amide bonds. The van der Waals surface area contributed by atoms with Gasteiger partial charge >= 0.3 is 0 Å². The molecule has 3 rings (SSSR count). The van der Waals surface area contributed by atoms with E-state index in [4.69, 9.17) is 9.47 Å². The number of benzene rings is 1. The van der Waals surface area contributed by atoms with Gasteiger partial charge in [-0.05, 0) is 19.1 Å². The highest BCUT2D eigenvalue weighted by atomic mass is 16.5. The summed E-state index contributed by atoms with van der Waals surface area (Å²) in [4.78, 5) is 26.4. The number of likely N-dealkylation sites (tertiary alicyclic amines) is 1. The van der Waals surface area contributed by atoms with E-state index in [1.54, 1.807) is 18.7 Å². The predicted molar refractivity (Wildman–Crippen MR) is 103 cm³/mol. The van der Waals surface area contributed by atoms with Crippen LogP contribution in [0.15, 0.2) is 41.2 Å². The number of methoxy groups -OCH3 is 1. The van der Waals surface area contributed by atoms with Gasteiger partial charge in [0.1, 0.15) is 17.6 Å². The maximum Gasteiger partial charge on any atom is 0.254 e. The SMILES string of the molecule is COc1ccccc1CC(=O)N1CCC(Oc2cc(C)n(C)c(=O)c2)CC1. The molecule has 2 aromatic rings. The minimum atomic E-state index is -0.0746. The molecular formula is C21H26N2O4. The number of ether oxygens (including phenoxy) is 2. The van der Waals surface area contributed by atoms with Gasteiger partial charge in [0.15, 0.2) is 0 Å². The summed E-state index contributed by atoms with van der Waals surface area (Å²) in [6, 6.07) is 11.0. The van der Waals surface area contributed by atoms with Gasteiger partial charge in [0, 0.05) is 50.3 Å². The van der Waals surface area contributed by atoms with Gasteiger partial charge in [0.2, 0.25) is 5.91 Å². The van der Waals surface area contributed by atoms with E-state index in [0.29, 0.717) is 25.3 Å². The molecule has 0 saturated carbocycles. The minimum Gasteiger partial charge on any atom is -0.496 e. The Hall–Kier alpha value is -2.76. The molecule has 1 fully saturated rings. The van der Waals surface area contributed by atoms with Gasteiger partial charge in [-0.25, -0.2) is 0 Å². The van der Waals surface area contributed by atoms with E-state index < -0.39 is 0 Å². The zero-order chi connectivity index (χ0) is 19.4. The normalized spacial score (nSPS) is 14.9. The number of para-hydroxylation sites is 1. The Morgan fingerprint density at radius 3 is 2.56 bits per heavy atom. The largest absolute Gasteiger partial charge is 0.496 e. The second-order valence-corrected chi connectivity index (χ2v) is 6.92. The molecule has 6 heteroatoms. The first-order valence-electron chi connectivity index (χ1n) is 9.22. The lowest BCUT2D eigenvalue weighted by molar-refractivity contribution is -0.132. The number of carbonyl (C=O) groups is 1. The van der Waals surface area contributed by atoms with Crippen LogP contribution in [0.3, 0.4) is 0 Å². The van der Waals surface area contributed by atoms with Crippen molar-refractivity contribution in [3.05, 3.63) is 58.0 Å². The van der Waals surface area contributed by atoms with E-state index >= 15 is 0 Å². The summed E-state index contributed by atoms with van der Waals surface area (Å²) in [7, 11) is 3.36. The highest BCUT2D eigenvalue weighted by Crippen LogP contribution is 2.22. The lowest BCUT2D eigenvalue weighted by atomic mass is 10.1. The monoisotopic (exact) mass is 370 g/mol. The highest BCUT2D eigenvalue weighted by Gasteiger charge is 2.24. The Morgan fingerprint density at radius 2 is 1.89 bits per heavy atom. The van der Waals surface area contributed by atoms with E-state index in [1.807, 2.05) is 42.2 Å². The van der Waals surface area contributed by atoms with E-state index in [0.717, 1.165) is 29.8 Å². The molecule has 1 saturated heterocycles. The third-order valence-electron chi connectivity index (χ3n) is 5.11. The van der Waals surface area contributed by atoms with Crippen molar-refractivity contribution >= 4 is 5.91 Å². The third-order valence-corrected chi connectivity index (χ3v) is 5.11. The van der Waals surface area contributed by atoms with Crippen LogP contribution < -0.4 is 15.0 Å². The summed E-state index contributed by atoms with van der Waals surface area (Å²) in [6.07, 6.45) is 1.87. The van der Waals surface area contributed by atoms with Gasteiger partial charge in [-0.15, -0.1) is 0 Å². The second kappa shape index (κ2) is 8.29. The van der Waals surface area contributed by atoms with Crippen LogP contribution in [0.1, 0.15) is 24.1 Å². The zero-order valence-corrected chi connectivity index (χ0v) is 16.1. The van der Waals surface area contributed by atoms with Crippen molar-refractivity contribution in [1.29, 1.82) is 0 Å². The highest BCUT2D eigenvalue weighted by molar-refractivity contribution is 5.79. The molecule has 1 aliphatic heterocycles. The summed E-state index contributed by atoms with van der Waals surface area (Å²) < 4.78 is 12.9. The molecule has 1 aromatic heterocycles. The van der Waals surface area contributed by atoms with Crippen LogP contribution in [-0.4, -0.2) is 41.7 Å². The number of aryl methyl sites for hydroxylation is 1. The first-order chi connectivity index (χ1) is 13.0. The third kappa shape index (κ3) is 4.51. The van der Waals surface area contributed by atoms with Gasteiger partial charge in [0.25, 0.3) is 5.56 Å². The molecular weight excluding hydrogens is 344 g/mol. The predicted octanol–water partition coefficient (Wildman–Crippen LogP) is 2.31. The minimum absolute atomic E-state index is 0.0202. The molecule has 27 heavy (non-hydrogen) atoms. The van der Waals surface area contributed by atoms with Crippen molar-refractivity contribution in [2.24, 2.45) is 7.05 Å². The van der Waals surface area contributed by atoms with Crippen LogP contribution in [-0.2, 0) is 18.3 Å². The number of hydrogen-bond donors (Lipinski definition) is 0. The van der Waals surface area contributed by atoms with Gasteiger partial charge in [-0.3, -0.25) is 9.59 Å². The molecule has 0 atom stereocenters. The zero-order valence-electron chi connectivity index (χ0n) is 16.1. The summed E-state index contributed by atoms with van der Waals surface area (Å²) in [5, 5.41) is 0. The van der Waals surface area contributed by atoms with Crippen LogP contribution in [0.25, 0.3) is 0 Å². The van der Waals surface area contributed by atoms with E-state index in [9.17, 15) is 9.59 Å². The molecule has 0 unspecified atom stereocenters. The molecule has 6 nitrogen and oxygen atoms in total. The van der Waals surface area contributed by atoms with Crippen LogP contribution in [0.4, 0.5) is 0 Å². The summed E-state index contributed by atoms with van der Waals surface area (Å²) >= 11 is 0. The number of amides is 1. The number of aromatic nitrogens is 1. The Labute approximate surface area is 159 Å². The van der Waals surface area contributed by atoms with E-state index in [-0.39, 0.29) is 17.6 Å². The Kier molecular flexibility index (Phi) is 5.84. The fraction of sp³-hybridized carbons (Fsp3) is 0.429. The Morgan fingerprint density at radius 1 is 1.19 bits per heavy atom. The van der Waals surface area contributed by atoms with Crippen molar-refractivity contribution in [2.75, 3.05) is 20.2 Å². The molecule has 0 aliphatic carbocycles. The van der Waals surface area contributed by atoms with Crippen molar-refractivity contribution in [2.45, 2.75) is 32.3 Å². The average molecular weight is 370 g/mol. The second-order valence-electron chi connectivity index (χ2n) is 6.92. The fourth-order valence-electron chi connectivity index (χ4n) is 3.34. The quantitative estimate of drug-likeness (QED) is 0.810. The maximum atomic E-state index is 12.6. The lowest BCUT2D eigenvalue weighted by Crippen LogP contribution is -2.42. The number of hydrogen-bond acceptors (Lipinski definition) is 4. The topological polar surface area (TPSA) is 60.8 Å². The molecule has 1 aromatic carbocycles. The van der Waals surface area contributed by atoms with Gasteiger partial charge in [0.05, 0.1) is 13.5 Å². The summed E-state index contributed by atoms with van der Waals surface area (Å²) in [5.74, 6) is 1.45. The molecule has 1 aliphatic rings. The van der Waals surface area contributed by atoms with Crippen molar-refractivity contribution in [3.63, 3.8) is 0 Å². The Bertz CT molecular complexity index is 867. The molecule has 0 N–H and O–H groups in total. The van der Waals surface area contributed by atoms with Crippen LogP contribution in [0, 0.1) is 6.92 Å². The molecule has 0 radical (unpaired) electrons. The molecule has 0 bridgehead atoms. The van der Waals surface area contributed by atoms with Crippen LogP contribution in [0.5, 0.6) is 11.5 Å². The lowest BCUT2D eigenvalue weighted by Gasteiger charge is -2.32. The Balaban J connectivity index is 1.55. The summed E-state index contributed by atoms with van der Waals surface area (Å²) in [6.45, 7) is 3.19. The average Bonchev–Trinajstić information content (AvgIpc) is 2.67. The standard InChI is InChI=1S/C21H26N2O4/c1-15-12-18(14-20(24)22(15)2)27-17-8-10-23(11-9-17)21(25)13-16-6-4-5-7-19(16)26-3/h4-7,12,14,17H,8-11,13H2,1-3H3. The van der Waals surface area contributed by atoms with Crippen LogP contribution >= 0.6 is 0 Å². The van der Waals surface area contributed by atoms with Crippen molar-refractivity contribution < 1.29 is 14.3 Å². The number of carbonyl (C=O) groups excluding carboxylic acids is 1. The number of nitrogens with zero attached hydrogens (tertiary/aromatic N) is 2. The van der Waals surface area contributed by atoms with Gasteiger partial charge < -0.3 is 18.9 Å². The molecule has 144 valence electrons. The van der Waals surface area contributed by atoms with Gasteiger partial charge in [-0.2, -0.15) is 0 Å². The number of piperidine rings is 1. The first kappa shape index (κ1) is 19.0. The summed E-state index contributed by atoms with van der Waals surface area (Å²) in [5.41, 5.74) is 1.69. The smallest absolute Gasteiger partial charge is 0.254 e. The van der Waals surface area contributed by atoms with E-state index in [2.05, 4.69) is 0 Å². The van der Waals surface area contributed by atoms with Crippen molar-refractivity contribution in [3.8, 4) is 11.5 Å². The first-order valence-corrected chi connectivity index (χ1v) is 9.22.